The number of benzene rings is 3. The van der Waals surface area contributed by atoms with Crippen molar-refractivity contribution < 1.29 is 9.90 Å². The lowest BCUT2D eigenvalue weighted by molar-refractivity contribution is -0.0314. The Hall–Kier alpha value is -3.52. The second-order valence-corrected chi connectivity index (χ2v) is 10.5. The number of rotatable bonds is 7. The van der Waals surface area contributed by atoms with Gasteiger partial charge in [-0.2, -0.15) is 0 Å². The minimum atomic E-state index is -0.564. The van der Waals surface area contributed by atoms with Crippen molar-refractivity contribution in [3.05, 3.63) is 88.7 Å². The van der Waals surface area contributed by atoms with E-state index in [1.54, 1.807) is 6.33 Å². The van der Waals surface area contributed by atoms with Crippen molar-refractivity contribution in [1.29, 1.82) is 0 Å². The lowest BCUT2D eigenvalue weighted by atomic mass is 9.80. The van der Waals surface area contributed by atoms with E-state index in [9.17, 15) is 9.90 Å². The number of aliphatic hydroxyl groups is 1. The second kappa shape index (κ2) is 9.41. The van der Waals surface area contributed by atoms with E-state index >= 15 is 0 Å². The van der Waals surface area contributed by atoms with Gasteiger partial charge in [0.2, 0.25) is 0 Å². The largest absolute Gasteiger partial charge is 0.389 e. The van der Waals surface area contributed by atoms with E-state index in [4.69, 9.17) is 11.6 Å². The Labute approximate surface area is 220 Å². The van der Waals surface area contributed by atoms with Gasteiger partial charge in [0.15, 0.2) is 5.82 Å². The van der Waals surface area contributed by atoms with Crippen LogP contribution in [-0.2, 0) is 20.1 Å². The first-order chi connectivity index (χ1) is 17.9. The third kappa shape index (κ3) is 4.55. The van der Waals surface area contributed by atoms with E-state index in [-0.39, 0.29) is 5.91 Å². The molecule has 0 unspecified atom stereocenters. The number of hydrogen-bond acceptors (Lipinski definition) is 5. The van der Waals surface area contributed by atoms with Crippen LogP contribution < -0.4 is 10.2 Å². The van der Waals surface area contributed by atoms with Crippen molar-refractivity contribution in [2.24, 2.45) is 7.05 Å². The molecular weight excluding hydrogens is 486 g/mol. The van der Waals surface area contributed by atoms with Crippen molar-refractivity contribution in [2.45, 2.75) is 38.0 Å². The summed E-state index contributed by atoms with van der Waals surface area (Å²) in [6.45, 7) is 1.74. The van der Waals surface area contributed by atoms with E-state index in [0.717, 1.165) is 64.2 Å². The first-order valence-electron chi connectivity index (χ1n) is 12.5. The van der Waals surface area contributed by atoms with Crippen LogP contribution in [0.15, 0.2) is 67.0 Å². The summed E-state index contributed by atoms with van der Waals surface area (Å²) in [5.41, 5.74) is 5.88. The van der Waals surface area contributed by atoms with Gasteiger partial charge in [-0.25, -0.2) is 0 Å². The number of carbonyl (C=O) groups excluding carboxylic acids is 1. The maximum absolute atomic E-state index is 13.5. The summed E-state index contributed by atoms with van der Waals surface area (Å²) >= 11 is 6.33. The number of nitrogens with zero attached hydrogens (tertiary/aromatic N) is 4. The van der Waals surface area contributed by atoms with Gasteiger partial charge in [-0.05, 0) is 71.8 Å². The molecule has 6 rings (SSSR count). The number of nitrogens with one attached hydrogen (secondary N) is 1. The van der Waals surface area contributed by atoms with Crippen LogP contribution in [0.1, 0.15) is 40.7 Å². The summed E-state index contributed by atoms with van der Waals surface area (Å²) < 4.78 is 1.86. The van der Waals surface area contributed by atoms with Crippen molar-refractivity contribution in [3.8, 4) is 22.5 Å². The van der Waals surface area contributed by atoms with E-state index in [1.165, 1.54) is 0 Å². The Kier molecular flexibility index (Phi) is 6.07. The number of carbonyl (C=O) groups is 1. The lowest BCUT2D eigenvalue weighted by Crippen LogP contribution is -2.45. The van der Waals surface area contributed by atoms with Crippen molar-refractivity contribution in [3.63, 3.8) is 0 Å². The molecule has 8 heteroatoms. The number of amides is 1. The van der Waals surface area contributed by atoms with Crippen LogP contribution in [0, 0.1) is 0 Å². The molecule has 37 heavy (non-hydrogen) atoms. The summed E-state index contributed by atoms with van der Waals surface area (Å²) in [4.78, 5) is 15.3. The van der Waals surface area contributed by atoms with E-state index in [0.29, 0.717) is 24.7 Å². The fourth-order valence-corrected chi connectivity index (χ4v) is 5.36. The molecule has 4 aromatic rings. The molecule has 188 valence electrons. The molecule has 0 radical (unpaired) electrons. The van der Waals surface area contributed by atoms with Crippen LogP contribution in [0.25, 0.3) is 22.5 Å². The van der Waals surface area contributed by atoms with E-state index in [1.807, 2.05) is 71.1 Å². The molecule has 2 heterocycles. The van der Waals surface area contributed by atoms with Gasteiger partial charge in [0, 0.05) is 42.0 Å². The molecule has 3 aromatic carbocycles. The fraction of sp³-hybridized carbons (Fsp3) is 0.276. The van der Waals surface area contributed by atoms with Gasteiger partial charge in [0.25, 0.3) is 5.91 Å². The Morgan fingerprint density at radius 2 is 1.92 bits per heavy atom. The van der Waals surface area contributed by atoms with Gasteiger partial charge < -0.3 is 19.9 Å². The van der Waals surface area contributed by atoms with Crippen molar-refractivity contribution in [2.75, 3.05) is 11.4 Å². The molecule has 0 bridgehead atoms. The van der Waals surface area contributed by atoms with Gasteiger partial charge in [0.05, 0.1) is 12.1 Å². The Balaban J connectivity index is 1.25. The van der Waals surface area contributed by atoms with Gasteiger partial charge >= 0.3 is 0 Å². The lowest BCUT2D eigenvalue weighted by Gasteiger charge is -2.36. The Morgan fingerprint density at radius 1 is 1.05 bits per heavy atom. The van der Waals surface area contributed by atoms with Crippen LogP contribution in [0.3, 0.4) is 0 Å². The van der Waals surface area contributed by atoms with E-state index in [2.05, 4.69) is 21.6 Å². The monoisotopic (exact) mass is 513 g/mol. The third-order valence-electron chi connectivity index (χ3n) is 7.45. The zero-order chi connectivity index (χ0) is 25.6. The smallest absolute Gasteiger partial charge is 0.258 e. The topological polar surface area (TPSA) is 83.3 Å². The molecule has 1 aromatic heterocycles. The molecule has 2 N–H and O–H groups in total. The van der Waals surface area contributed by atoms with Gasteiger partial charge in [-0.1, -0.05) is 41.9 Å². The predicted octanol–water partition coefficient (Wildman–Crippen LogP) is 4.97. The number of hydrogen-bond donors (Lipinski definition) is 2. The second-order valence-electron chi connectivity index (χ2n) is 10.1. The quantitative estimate of drug-likeness (QED) is 0.364. The Morgan fingerprint density at radius 3 is 2.68 bits per heavy atom. The van der Waals surface area contributed by atoms with Crippen LogP contribution in [-0.4, -0.2) is 37.9 Å². The molecule has 0 atom stereocenters. The molecule has 0 saturated heterocycles. The average molecular weight is 514 g/mol. The highest BCUT2D eigenvalue weighted by atomic mass is 35.5. The van der Waals surface area contributed by atoms with Gasteiger partial charge in [0.1, 0.15) is 6.33 Å². The number of aryl methyl sites for hydroxylation is 1. The summed E-state index contributed by atoms with van der Waals surface area (Å²) in [6.07, 6.45) is 4.46. The standard InChI is InChI=1S/C29H28ClN5O2/c1-34-18-32-33-27(34)26-14-22(30)8-9-24(26)20-4-2-5-23(13-20)35-16-21-7-6-19(12-25(21)28(35)36)15-31-17-29(37)10-3-11-29/h2,4-9,12-14,18,31,37H,3,10-11,15-17H2,1H3. The summed E-state index contributed by atoms with van der Waals surface area (Å²) in [5, 5.41) is 22.6. The van der Waals surface area contributed by atoms with Crippen LogP contribution in [0.5, 0.6) is 0 Å². The highest BCUT2D eigenvalue weighted by Crippen LogP contribution is 2.36. The summed E-state index contributed by atoms with van der Waals surface area (Å²) in [5.74, 6) is 0.717. The van der Waals surface area contributed by atoms with Gasteiger partial charge in [-0.3, -0.25) is 4.79 Å². The Bertz CT molecular complexity index is 1490. The number of fused-ring (bicyclic) bond motifs is 1. The molecule has 0 spiro atoms. The number of aromatic nitrogens is 3. The maximum Gasteiger partial charge on any atom is 0.258 e. The molecule has 1 aliphatic carbocycles. The molecule has 1 amide bonds. The molecule has 1 aliphatic heterocycles. The minimum absolute atomic E-state index is 0.00347. The van der Waals surface area contributed by atoms with Crippen molar-refractivity contribution in [1.82, 2.24) is 20.1 Å². The zero-order valence-electron chi connectivity index (χ0n) is 20.6. The van der Waals surface area contributed by atoms with Crippen LogP contribution >= 0.6 is 11.6 Å². The molecule has 2 aliphatic rings. The fourth-order valence-electron chi connectivity index (χ4n) is 5.19. The first-order valence-corrected chi connectivity index (χ1v) is 12.9. The zero-order valence-corrected chi connectivity index (χ0v) is 21.4. The van der Waals surface area contributed by atoms with Crippen LogP contribution in [0.4, 0.5) is 5.69 Å². The number of halogens is 1. The van der Waals surface area contributed by atoms with E-state index < -0.39 is 5.60 Å². The van der Waals surface area contributed by atoms with Crippen LogP contribution in [0.2, 0.25) is 5.02 Å². The molecule has 7 nitrogen and oxygen atoms in total. The predicted molar refractivity (Wildman–Crippen MR) is 144 cm³/mol. The average Bonchev–Trinajstić information content (AvgIpc) is 3.46. The first kappa shape index (κ1) is 23.9. The summed E-state index contributed by atoms with van der Waals surface area (Å²) in [6, 6.07) is 19.8. The van der Waals surface area contributed by atoms with Gasteiger partial charge in [-0.15, -0.1) is 10.2 Å². The number of anilines is 1. The maximum atomic E-state index is 13.5. The molecular formula is C29H28ClN5O2. The summed E-state index contributed by atoms with van der Waals surface area (Å²) in [7, 11) is 1.90. The van der Waals surface area contributed by atoms with Crippen molar-refractivity contribution >= 4 is 23.2 Å². The SMILES string of the molecule is Cn1cnnc1-c1cc(Cl)ccc1-c1cccc(N2Cc3ccc(CNCC4(O)CCC4)cc3C2=O)c1. The third-order valence-corrected chi connectivity index (χ3v) is 7.68. The molecule has 1 saturated carbocycles. The highest BCUT2D eigenvalue weighted by Gasteiger charge is 2.34. The molecule has 1 fully saturated rings. The minimum Gasteiger partial charge on any atom is -0.389 e. The highest BCUT2D eigenvalue weighted by molar-refractivity contribution is 6.31. The normalized spacial score (nSPS) is 16.1.